The van der Waals surface area contributed by atoms with E-state index >= 15 is 0 Å². The Bertz CT molecular complexity index is 923. The van der Waals surface area contributed by atoms with Crippen LogP contribution in [0.15, 0.2) is 47.2 Å². The number of nitrogens with one attached hydrogen (secondary N) is 2. The zero-order valence-electron chi connectivity index (χ0n) is 15.4. The number of hydrogen-bond donors (Lipinski definition) is 2. The van der Waals surface area contributed by atoms with E-state index in [1.807, 2.05) is 29.0 Å². The number of anilines is 1. The van der Waals surface area contributed by atoms with Gasteiger partial charge in [0.05, 0.1) is 10.6 Å². The molecule has 7 heteroatoms. The van der Waals surface area contributed by atoms with Gasteiger partial charge in [0.1, 0.15) is 0 Å². The monoisotopic (exact) mass is 399 g/mol. The lowest BCUT2D eigenvalue weighted by atomic mass is 9.93. The molecular weight excluding hydrogens is 378 g/mol. The molecule has 0 radical (unpaired) electrons. The van der Waals surface area contributed by atoms with Gasteiger partial charge in [-0.25, -0.2) is 4.98 Å². The van der Waals surface area contributed by atoms with Crippen LogP contribution in [0.2, 0.25) is 0 Å². The molecule has 3 aromatic rings. The zero-order valence-corrected chi connectivity index (χ0v) is 17.0. The van der Waals surface area contributed by atoms with Crippen molar-refractivity contribution in [2.45, 2.75) is 32.7 Å². The van der Waals surface area contributed by atoms with Crippen LogP contribution in [0, 0.1) is 0 Å². The fourth-order valence-corrected chi connectivity index (χ4v) is 3.87. The van der Waals surface area contributed by atoms with Crippen molar-refractivity contribution in [3.63, 3.8) is 0 Å². The van der Waals surface area contributed by atoms with Crippen molar-refractivity contribution in [1.29, 1.82) is 0 Å². The highest BCUT2D eigenvalue weighted by Crippen LogP contribution is 2.26. The van der Waals surface area contributed by atoms with Gasteiger partial charge in [0.15, 0.2) is 5.13 Å². The Morgan fingerprint density at radius 3 is 2.37 bits per heavy atom. The van der Waals surface area contributed by atoms with Gasteiger partial charge >= 0.3 is 0 Å². The predicted octanol–water partition coefficient (Wildman–Crippen LogP) is 4.68. The highest BCUT2D eigenvalue weighted by Gasteiger charge is 2.18. The number of aromatic nitrogens is 1. The number of thiazole rings is 1. The maximum Gasteiger partial charge on any atom is 0.261 e. The van der Waals surface area contributed by atoms with Crippen LogP contribution in [-0.4, -0.2) is 16.8 Å². The molecule has 0 aliphatic heterocycles. The molecule has 0 fully saturated rings. The second-order valence-electron chi connectivity index (χ2n) is 7.10. The van der Waals surface area contributed by atoms with Crippen LogP contribution < -0.4 is 10.6 Å². The summed E-state index contributed by atoms with van der Waals surface area (Å²) in [4.78, 5) is 29.5. The van der Waals surface area contributed by atoms with Crippen molar-refractivity contribution in [1.82, 2.24) is 10.3 Å². The molecule has 2 heterocycles. The summed E-state index contributed by atoms with van der Waals surface area (Å²) in [5.74, 6) is -0.288. The van der Waals surface area contributed by atoms with Gasteiger partial charge in [-0.3, -0.25) is 14.9 Å². The van der Waals surface area contributed by atoms with E-state index in [2.05, 4.69) is 36.4 Å². The Morgan fingerprint density at radius 2 is 1.78 bits per heavy atom. The third-order valence-electron chi connectivity index (χ3n) is 3.91. The fourth-order valence-electron chi connectivity index (χ4n) is 2.30. The fraction of sp³-hybridized carbons (Fsp3) is 0.250. The first kappa shape index (κ1) is 19.3. The molecule has 2 aromatic heterocycles. The highest BCUT2D eigenvalue weighted by atomic mass is 32.1. The Labute approximate surface area is 166 Å². The Kier molecular flexibility index (Phi) is 5.72. The molecule has 0 aliphatic carbocycles. The van der Waals surface area contributed by atoms with E-state index in [1.54, 1.807) is 18.2 Å². The number of hydrogen-bond acceptors (Lipinski definition) is 5. The van der Waals surface area contributed by atoms with Crippen molar-refractivity contribution >= 4 is 39.6 Å². The molecule has 0 saturated carbocycles. The van der Waals surface area contributed by atoms with Crippen LogP contribution in [0.3, 0.4) is 0 Å². The summed E-state index contributed by atoms with van der Waals surface area (Å²) in [6.07, 6.45) is 0. The number of nitrogens with zero attached hydrogens (tertiary/aromatic N) is 1. The molecule has 0 atom stereocenters. The molecular formula is C20H21N3O2S2. The summed E-state index contributed by atoms with van der Waals surface area (Å²) in [6, 6.07) is 10.8. The van der Waals surface area contributed by atoms with E-state index < -0.39 is 0 Å². The molecule has 5 nitrogen and oxygen atoms in total. The van der Waals surface area contributed by atoms with E-state index in [9.17, 15) is 9.59 Å². The number of amides is 2. The molecule has 1 aromatic carbocycles. The number of benzene rings is 1. The van der Waals surface area contributed by atoms with Gasteiger partial charge in [-0.05, 0) is 29.1 Å². The lowest BCUT2D eigenvalue weighted by Gasteiger charge is -2.14. The van der Waals surface area contributed by atoms with Crippen LogP contribution in [0.5, 0.6) is 0 Å². The van der Waals surface area contributed by atoms with Gasteiger partial charge in [0, 0.05) is 22.9 Å². The van der Waals surface area contributed by atoms with Crippen LogP contribution in [0.4, 0.5) is 5.13 Å². The van der Waals surface area contributed by atoms with Gasteiger partial charge in [0.2, 0.25) is 0 Å². The van der Waals surface area contributed by atoms with Gasteiger partial charge in [0.25, 0.3) is 11.8 Å². The number of rotatable bonds is 5. The molecule has 3 rings (SSSR count). The maximum atomic E-state index is 12.4. The van der Waals surface area contributed by atoms with Crippen molar-refractivity contribution in [3.05, 3.63) is 68.9 Å². The van der Waals surface area contributed by atoms with Crippen LogP contribution >= 0.6 is 22.7 Å². The van der Waals surface area contributed by atoms with Crippen LogP contribution in [0.25, 0.3) is 0 Å². The van der Waals surface area contributed by atoms with Crippen molar-refractivity contribution in [2.75, 3.05) is 5.32 Å². The number of thiophene rings is 1. The lowest BCUT2D eigenvalue weighted by molar-refractivity contribution is 0.0953. The number of carbonyl (C=O) groups excluding carboxylic acids is 2. The van der Waals surface area contributed by atoms with E-state index in [0.717, 1.165) is 11.3 Å². The van der Waals surface area contributed by atoms with E-state index in [0.29, 0.717) is 22.1 Å². The summed E-state index contributed by atoms with van der Waals surface area (Å²) in [5, 5.41) is 10.1. The normalized spacial score (nSPS) is 11.2. The first-order valence-electron chi connectivity index (χ1n) is 8.51. The molecule has 27 heavy (non-hydrogen) atoms. The average Bonchev–Trinajstić information content (AvgIpc) is 3.31. The second-order valence-corrected chi connectivity index (χ2v) is 8.90. The van der Waals surface area contributed by atoms with Crippen LogP contribution in [-0.2, 0) is 12.0 Å². The van der Waals surface area contributed by atoms with Crippen molar-refractivity contribution in [2.24, 2.45) is 0 Å². The first-order chi connectivity index (χ1) is 12.8. The quantitative estimate of drug-likeness (QED) is 0.654. The first-order valence-corrected chi connectivity index (χ1v) is 10.3. The minimum atomic E-state index is -0.195. The lowest BCUT2D eigenvalue weighted by Crippen LogP contribution is -2.21. The number of carbonyl (C=O) groups is 2. The summed E-state index contributed by atoms with van der Waals surface area (Å²) in [6.45, 7) is 6.68. The molecule has 140 valence electrons. The smallest absolute Gasteiger partial charge is 0.261 e. The molecule has 0 unspecified atom stereocenters. The summed E-state index contributed by atoms with van der Waals surface area (Å²) in [7, 11) is 0. The van der Waals surface area contributed by atoms with Gasteiger partial charge < -0.3 is 5.32 Å². The average molecular weight is 400 g/mol. The zero-order chi connectivity index (χ0) is 19.4. The SMILES string of the molecule is CC(C)(C)c1csc(NC(=O)c2ccc(CNC(=O)c3cccs3)cc2)n1. The van der Waals surface area contributed by atoms with Gasteiger partial charge in [-0.1, -0.05) is 39.0 Å². The van der Waals surface area contributed by atoms with Crippen molar-refractivity contribution in [3.8, 4) is 0 Å². The van der Waals surface area contributed by atoms with Crippen LogP contribution in [0.1, 0.15) is 52.1 Å². The van der Waals surface area contributed by atoms with Gasteiger partial charge in [-0.15, -0.1) is 22.7 Å². The summed E-state index contributed by atoms with van der Waals surface area (Å²) < 4.78 is 0. The summed E-state index contributed by atoms with van der Waals surface area (Å²) >= 11 is 2.83. The van der Waals surface area contributed by atoms with Gasteiger partial charge in [-0.2, -0.15) is 0 Å². The Morgan fingerprint density at radius 1 is 1.04 bits per heavy atom. The molecule has 0 aliphatic rings. The van der Waals surface area contributed by atoms with E-state index in [-0.39, 0.29) is 17.2 Å². The topological polar surface area (TPSA) is 71.1 Å². The molecule has 2 N–H and O–H groups in total. The Hall–Kier alpha value is -2.51. The largest absolute Gasteiger partial charge is 0.347 e. The van der Waals surface area contributed by atoms with Crippen molar-refractivity contribution < 1.29 is 9.59 Å². The second kappa shape index (κ2) is 8.02. The molecule has 2 amide bonds. The Balaban J connectivity index is 1.57. The molecule has 0 saturated heterocycles. The maximum absolute atomic E-state index is 12.4. The highest BCUT2D eigenvalue weighted by molar-refractivity contribution is 7.14. The summed E-state index contributed by atoms with van der Waals surface area (Å²) in [5.41, 5.74) is 2.39. The van der Waals surface area contributed by atoms with E-state index in [1.165, 1.54) is 22.7 Å². The third-order valence-corrected chi connectivity index (χ3v) is 5.53. The minimum Gasteiger partial charge on any atom is -0.347 e. The third kappa shape index (κ3) is 5.02. The molecule has 0 bridgehead atoms. The van der Waals surface area contributed by atoms with E-state index in [4.69, 9.17) is 0 Å². The predicted molar refractivity (Wildman–Crippen MR) is 111 cm³/mol. The molecule has 0 spiro atoms. The standard InChI is InChI=1S/C20H21N3O2S2/c1-20(2,3)16-12-27-19(22-16)23-17(24)14-8-6-13(7-9-14)11-21-18(25)15-5-4-10-26-15/h4-10,12H,11H2,1-3H3,(H,21,25)(H,22,23,24). The minimum absolute atomic E-state index is 0.0470.